The first-order valence-electron chi connectivity index (χ1n) is 23.5. The van der Waals surface area contributed by atoms with Crippen molar-refractivity contribution in [2.45, 2.75) is 90.9 Å². The van der Waals surface area contributed by atoms with Gasteiger partial charge in [-0.2, -0.15) is 0 Å². The second-order valence-corrected chi connectivity index (χ2v) is 17.2. The van der Waals surface area contributed by atoms with E-state index in [0.29, 0.717) is 0 Å². The van der Waals surface area contributed by atoms with Gasteiger partial charge in [0.1, 0.15) is 11.5 Å². The maximum absolute atomic E-state index is 6.06. The van der Waals surface area contributed by atoms with E-state index in [-0.39, 0.29) is 0 Å². The molecular weight excluding hydrogens is 753 g/mol. The van der Waals surface area contributed by atoms with E-state index in [2.05, 4.69) is 172 Å². The van der Waals surface area contributed by atoms with Crippen LogP contribution in [-0.4, -0.2) is 13.2 Å². The molecule has 0 aromatic heterocycles. The van der Waals surface area contributed by atoms with Gasteiger partial charge in [0.2, 0.25) is 0 Å². The fourth-order valence-electron chi connectivity index (χ4n) is 9.53. The number of unbranched alkanes of at least 4 members (excludes halogenated alkanes) is 10. The quantitative estimate of drug-likeness (QED) is 0.0434. The van der Waals surface area contributed by atoms with Gasteiger partial charge in [-0.1, -0.05) is 212 Å². The van der Waals surface area contributed by atoms with E-state index in [4.69, 9.17) is 9.47 Å². The van der Waals surface area contributed by atoms with Crippen LogP contribution in [0.1, 0.15) is 90.9 Å². The Morgan fingerprint density at radius 2 is 0.581 bits per heavy atom. The van der Waals surface area contributed by atoms with Crippen LogP contribution in [-0.2, 0) is 0 Å². The fourth-order valence-corrected chi connectivity index (χ4v) is 9.53. The molecular formula is C60H60O2. The van der Waals surface area contributed by atoms with Crippen LogP contribution >= 0.6 is 0 Å². The zero-order chi connectivity index (χ0) is 42.1. The second kappa shape index (κ2) is 19.7. The topological polar surface area (TPSA) is 18.5 Å². The third-order valence-corrected chi connectivity index (χ3v) is 13.0. The molecule has 0 unspecified atom stereocenters. The average Bonchev–Trinajstić information content (AvgIpc) is 3.33. The van der Waals surface area contributed by atoms with Crippen LogP contribution in [0.5, 0.6) is 11.5 Å². The first kappa shape index (κ1) is 41.2. The van der Waals surface area contributed by atoms with Gasteiger partial charge in [0, 0.05) is 0 Å². The summed E-state index contributed by atoms with van der Waals surface area (Å²) in [7, 11) is 0. The monoisotopic (exact) mass is 812 g/mol. The lowest BCUT2D eigenvalue weighted by Gasteiger charge is -2.18. The molecule has 0 radical (unpaired) electrons. The third kappa shape index (κ3) is 8.93. The van der Waals surface area contributed by atoms with E-state index in [1.165, 1.54) is 152 Å². The van der Waals surface area contributed by atoms with Crippen LogP contribution in [0.15, 0.2) is 158 Å². The summed E-state index contributed by atoms with van der Waals surface area (Å²) in [5, 5.41) is 10.5. The van der Waals surface area contributed by atoms with Crippen LogP contribution < -0.4 is 9.47 Å². The summed E-state index contributed by atoms with van der Waals surface area (Å²) in [6, 6.07) is 58.3. The molecule has 0 aliphatic heterocycles. The summed E-state index contributed by atoms with van der Waals surface area (Å²) in [6.07, 6.45) is 15.3. The summed E-state index contributed by atoms with van der Waals surface area (Å²) in [5.74, 6) is 1.90. The Hall–Kier alpha value is -6.12. The number of ether oxygens (including phenoxy) is 2. The highest BCUT2D eigenvalue weighted by Gasteiger charge is 2.17. The van der Waals surface area contributed by atoms with Gasteiger partial charge < -0.3 is 9.47 Å². The maximum Gasteiger partial charge on any atom is 0.119 e. The van der Waals surface area contributed by atoms with Crippen LogP contribution in [0.25, 0.3) is 87.6 Å². The van der Waals surface area contributed by atoms with Crippen molar-refractivity contribution in [1.29, 1.82) is 0 Å². The van der Waals surface area contributed by atoms with Crippen LogP contribution in [0.4, 0.5) is 0 Å². The number of hydrogen-bond acceptors (Lipinski definition) is 2. The number of hydrogen-bond donors (Lipinski definition) is 0. The van der Waals surface area contributed by atoms with Crippen molar-refractivity contribution >= 4 is 43.1 Å². The first-order valence-corrected chi connectivity index (χ1v) is 23.5. The standard InChI is InChI=1S/C60H60O2/c1-3-5-7-9-11-13-41-61-49-33-29-45(30-34-49)43-21-25-47(26-22-43)51-37-39-57-58-40-38-52(54-18-16-20-56(60(54)58)55-19-15-17-53(51)59(55)57)48-27-23-44(24-28-48)46-31-35-50(36-32-46)62-42-14-12-10-8-6-4-2/h15-40H,3-14,41-42H2,1-2H3. The van der Waals surface area contributed by atoms with E-state index in [0.717, 1.165) is 37.6 Å². The Balaban J connectivity index is 0.930. The molecule has 9 aromatic carbocycles. The Bertz CT molecular complexity index is 2610. The van der Waals surface area contributed by atoms with Gasteiger partial charge in [-0.05, 0) is 125 Å². The molecule has 9 rings (SSSR count). The molecule has 62 heavy (non-hydrogen) atoms. The predicted octanol–water partition coefficient (Wildman–Crippen LogP) is 17.9. The summed E-state index contributed by atoms with van der Waals surface area (Å²) in [5.41, 5.74) is 9.81. The minimum Gasteiger partial charge on any atom is -0.494 e. The highest BCUT2D eigenvalue weighted by Crippen LogP contribution is 2.45. The van der Waals surface area contributed by atoms with Gasteiger partial charge in [0.15, 0.2) is 0 Å². The molecule has 0 bridgehead atoms. The number of rotatable bonds is 20. The molecule has 9 aromatic rings. The molecule has 2 heteroatoms. The SMILES string of the molecule is CCCCCCCCOc1ccc(-c2ccc(-c3ccc4c5ccc(-c6ccc(-c7ccc(OCCCCCCCC)cc7)cc6)c6cccc(c7cccc3c74)c65)cc2)cc1. The van der Waals surface area contributed by atoms with Crippen molar-refractivity contribution in [2.24, 2.45) is 0 Å². The molecule has 0 saturated carbocycles. The van der Waals surface area contributed by atoms with Gasteiger partial charge in [-0.3, -0.25) is 0 Å². The minimum atomic E-state index is 0.789. The molecule has 0 N–H and O–H groups in total. The van der Waals surface area contributed by atoms with E-state index >= 15 is 0 Å². The largest absolute Gasteiger partial charge is 0.494 e. The smallest absolute Gasteiger partial charge is 0.119 e. The molecule has 2 nitrogen and oxygen atoms in total. The normalized spacial score (nSPS) is 11.6. The number of benzene rings is 9. The first-order chi connectivity index (χ1) is 30.7. The molecule has 0 aliphatic rings. The lowest BCUT2D eigenvalue weighted by molar-refractivity contribution is 0.304. The van der Waals surface area contributed by atoms with E-state index in [9.17, 15) is 0 Å². The molecule has 0 saturated heterocycles. The average molecular weight is 813 g/mol. The lowest BCUT2D eigenvalue weighted by atomic mass is 9.85. The zero-order valence-electron chi connectivity index (χ0n) is 36.7. The Kier molecular flexibility index (Phi) is 13.1. The molecule has 0 fully saturated rings. The van der Waals surface area contributed by atoms with Gasteiger partial charge in [0.05, 0.1) is 13.2 Å². The zero-order valence-corrected chi connectivity index (χ0v) is 36.7. The summed E-state index contributed by atoms with van der Waals surface area (Å²) >= 11 is 0. The van der Waals surface area contributed by atoms with Gasteiger partial charge in [-0.25, -0.2) is 0 Å². The maximum atomic E-state index is 6.06. The summed E-state index contributed by atoms with van der Waals surface area (Å²) in [6.45, 7) is 6.11. The van der Waals surface area contributed by atoms with Crippen molar-refractivity contribution in [1.82, 2.24) is 0 Å². The second-order valence-electron chi connectivity index (χ2n) is 17.2. The van der Waals surface area contributed by atoms with Crippen molar-refractivity contribution in [3.05, 3.63) is 158 Å². The highest BCUT2D eigenvalue weighted by atomic mass is 16.5. The van der Waals surface area contributed by atoms with Gasteiger partial charge >= 0.3 is 0 Å². The van der Waals surface area contributed by atoms with Gasteiger partial charge in [0.25, 0.3) is 0 Å². The molecule has 0 atom stereocenters. The summed E-state index contributed by atoms with van der Waals surface area (Å²) < 4.78 is 12.1. The van der Waals surface area contributed by atoms with E-state index in [1.54, 1.807) is 0 Å². The Labute approximate surface area is 368 Å². The van der Waals surface area contributed by atoms with E-state index < -0.39 is 0 Å². The van der Waals surface area contributed by atoms with Crippen LogP contribution in [0.2, 0.25) is 0 Å². The number of fused-ring (bicyclic) bond motifs is 2. The fraction of sp³-hybridized carbons (Fsp3) is 0.267. The predicted molar refractivity (Wildman–Crippen MR) is 267 cm³/mol. The van der Waals surface area contributed by atoms with E-state index in [1.807, 2.05) is 0 Å². The van der Waals surface area contributed by atoms with Crippen molar-refractivity contribution < 1.29 is 9.47 Å². The molecule has 0 aliphatic carbocycles. The highest BCUT2D eigenvalue weighted by molar-refractivity contribution is 6.35. The molecule has 0 spiro atoms. The van der Waals surface area contributed by atoms with Crippen LogP contribution in [0, 0.1) is 0 Å². The molecule has 0 amide bonds. The molecule has 0 heterocycles. The minimum absolute atomic E-state index is 0.789. The van der Waals surface area contributed by atoms with Gasteiger partial charge in [-0.15, -0.1) is 0 Å². The van der Waals surface area contributed by atoms with Crippen molar-refractivity contribution in [3.8, 4) is 56.0 Å². The third-order valence-electron chi connectivity index (χ3n) is 13.0. The Morgan fingerprint density at radius 1 is 0.274 bits per heavy atom. The summed E-state index contributed by atoms with van der Waals surface area (Å²) in [4.78, 5) is 0. The Morgan fingerprint density at radius 3 is 0.968 bits per heavy atom. The lowest BCUT2D eigenvalue weighted by Crippen LogP contribution is -1.97. The molecule has 312 valence electrons. The van der Waals surface area contributed by atoms with Crippen LogP contribution in [0.3, 0.4) is 0 Å². The van der Waals surface area contributed by atoms with Crippen molar-refractivity contribution in [3.63, 3.8) is 0 Å². The van der Waals surface area contributed by atoms with Crippen molar-refractivity contribution in [2.75, 3.05) is 13.2 Å².